The predicted molar refractivity (Wildman–Crippen MR) is 111 cm³/mol. The highest BCUT2D eigenvalue weighted by atomic mass is 32.2. The summed E-state index contributed by atoms with van der Waals surface area (Å²) in [6, 6.07) is 9.53. The van der Waals surface area contributed by atoms with Gasteiger partial charge in [0.2, 0.25) is 10.0 Å². The summed E-state index contributed by atoms with van der Waals surface area (Å²) in [4.78, 5) is 14.8. The number of aromatic nitrogens is 2. The highest BCUT2D eigenvalue weighted by Crippen LogP contribution is 2.37. The molecular weight excluding hydrogens is 376 g/mol. The fourth-order valence-electron chi connectivity index (χ4n) is 3.71. The average molecular weight is 403 g/mol. The summed E-state index contributed by atoms with van der Waals surface area (Å²) in [6.45, 7) is 1.98. The molecule has 1 amide bonds. The molecule has 1 aromatic carbocycles. The van der Waals surface area contributed by atoms with Crippen molar-refractivity contribution in [2.24, 2.45) is 5.92 Å². The Labute approximate surface area is 165 Å². The Bertz CT molecular complexity index is 1150. The number of benzene rings is 1. The Morgan fingerprint density at radius 1 is 1.21 bits per heavy atom. The van der Waals surface area contributed by atoms with Crippen LogP contribution < -0.4 is 5.32 Å². The maximum absolute atomic E-state index is 12.8. The van der Waals surface area contributed by atoms with Crippen molar-refractivity contribution in [1.82, 2.24) is 18.8 Å². The molecule has 3 aromatic rings. The smallest absolute Gasteiger partial charge is 0.269 e. The standard InChI is InChI=1S/C20H26N4O3S/c1-22(2)11-10-21-20(25)18-12-17-19(24(18)28(3,26)27)15-6-4-5-7-16(15)23(17)13-14-8-9-14/h4-7,12,14H,8-11,13H2,1-3H3,(H,21,25). The van der Waals surface area contributed by atoms with Crippen molar-refractivity contribution in [3.05, 3.63) is 36.0 Å². The molecule has 0 aliphatic heterocycles. The van der Waals surface area contributed by atoms with Gasteiger partial charge in [0, 0.05) is 25.0 Å². The Morgan fingerprint density at radius 3 is 2.57 bits per heavy atom. The molecule has 1 aliphatic rings. The molecule has 2 heterocycles. The minimum Gasteiger partial charge on any atom is -0.349 e. The molecule has 0 spiro atoms. The maximum Gasteiger partial charge on any atom is 0.269 e. The first-order chi connectivity index (χ1) is 13.3. The summed E-state index contributed by atoms with van der Waals surface area (Å²) in [5, 5.41) is 3.70. The van der Waals surface area contributed by atoms with E-state index in [2.05, 4.69) is 9.88 Å². The molecule has 28 heavy (non-hydrogen) atoms. The van der Waals surface area contributed by atoms with E-state index in [9.17, 15) is 13.2 Å². The van der Waals surface area contributed by atoms with Crippen molar-refractivity contribution in [2.75, 3.05) is 33.4 Å². The Kier molecular flexibility index (Phi) is 4.71. The van der Waals surface area contributed by atoms with E-state index in [-0.39, 0.29) is 11.6 Å². The molecule has 0 saturated heterocycles. The van der Waals surface area contributed by atoms with E-state index in [1.165, 1.54) is 16.8 Å². The van der Waals surface area contributed by atoms with Crippen LogP contribution >= 0.6 is 0 Å². The first-order valence-electron chi connectivity index (χ1n) is 9.53. The minimum absolute atomic E-state index is 0.168. The second-order valence-corrected chi connectivity index (χ2v) is 9.75. The second-order valence-electron chi connectivity index (χ2n) is 7.92. The number of nitrogens with zero attached hydrogens (tertiary/aromatic N) is 3. The molecule has 7 nitrogen and oxygen atoms in total. The zero-order valence-electron chi connectivity index (χ0n) is 16.5. The van der Waals surface area contributed by atoms with Crippen LogP contribution in [0.15, 0.2) is 30.3 Å². The van der Waals surface area contributed by atoms with Crippen molar-refractivity contribution in [3.8, 4) is 0 Å². The first-order valence-corrected chi connectivity index (χ1v) is 11.4. The molecule has 2 aromatic heterocycles. The van der Waals surface area contributed by atoms with Crippen molar-refractivity contribution < 1.29 is 13.2 Å². The van der Waals surface area contributed by atoms with E-state index < -0.39 is 10.0 Å². The zero-order valence-corrected chi connectivity index (χ0v) is 17.3. The fourth-order valence-corrected chi connectivity index (χ4v) is 4.73. The van der Waals surface area contributed by atoms with E-state index >= 15 is 0 Å². The van der Waals surface area contributed by atoms with Gasteiger partial charge in [-0.15, -0.1) is 0 Å². The Hall–Kier alpha value is -2.32. The molecule has 1 aliphatic carbocycles. The van der Waals surface area contributed by atoms with Gasteiger partial charge < -0.3 is 14.8 Å². The van der Waals surface area contributed by atoms with Crippen LogP contribution in [0, 0.1) is 5.92 Å². The molecule has 0 unspecified atom stereocenters. The molecule has 4 rings (SSSR count). The number of carbonyl (C=O) groups excluding carboxylic acids is 1. The van der Waals surface area contributed by atoms with E-state index in [1.54, 1.807) is 6.07 Å². The topological polar surface area (TPSA) is 76.3 Å². The van der Waals surface area contributed by atoms with Crippen LogP contribution in [0.2, 0.25) is 0 Å². The van der Waals surface area contributed by atoms with E-state index in [0.29, 0.717) is 24.5 Å². The Morgan fingerprint density at radius 2 is 1.93 bits per heavy atom. The summed E-state index contributed by atoms with van der Waals surface area (Å²) in [7, 11) is 0.184. The largest absolute Gasteiger partial charge is 0.349 e. The Balaban J connectivity index is 1.89. The van der Waals surface area contributed by atoms with Crippen molar-refractivity contribution in [2.45, 2.75) is 19.4 Å². The van der Waals surface area contributed by atoms with Gasteiger partial charge in [-0.2, -0.15) is 0 Å². The summed E-state index contributed by atoms with van der Waals surface area (Å²) in [5.41, 5.74) is 2.57. The van der Waals surface area contributed by atoms with Crippen molar-refractivity contribution in [3.63, 3.8) is 0 Å². The van der Waals surface area contributed by atoms with Gasteiger partial charge in [0.25, 0.3) is 5.91 Å². The second kappa shape index (κ2) is 6.93. The molecule has 1 fully saturated rings. The summed E-state index contributed by atoms with van der Waals surface area (Å²) in [6.07, 6.45) is 3.54. The maximum atomic E-state index is 12.8. The predicted octanol–water partition coefficient (Wildman–Crippen LogP) is 2.11. The van der Waals surface area contributed by atoms with Crippen LogP contribution in [-0.4, -0.2) is 61.2 Å². The summed E-state index contributed by atoms with van der Waals surface area (Å²) in [5.74, 6) is 0.253. The average Bonchev–Trinajstić information content (AvgIpc) is 3.26. The number of carbonyl (C=O) groups is 1. The van der Waals surface area contributed by atoms with Crippen LogP contribution in [0.5, 0.6) is 0 Å². The number of para-hydroxylation sites is 1. The SMILES string of the molecule is CN(C)CCNC(=O)c1cc2c(c3ccccc3n2CC2CC2)n1S(C)(=O)=O. The van der Waals surface area contributed by atoms with Crippen LogP contribution in [0.3, 0.4) is 0 Å². The number of amides is 1. The van der Waals surface area contributed by atoms with Crippen LogP contribution in [-0.2, 0) is 16.6 Å². The van der Waals surface area contributed by atoms with Gasteiger partial charge in [0.05, 0.1) is 22.8 Å². The third kappa shape index (κ3) is 3.42. The van der Waals surface area contributed by atoms with Crippen molar-refractivity contribution in [1.29, 1.82) is 0 Å². The van der Waals surface area contributed by atoms with Gasteiger partial charge in [0.15, 0.2) is 0 Å². The highest BCUT2D eigenvalue weighted by molar-refractivity contribution is 7.89. The normalized spacial score (nSPS) is 15.0. The van der Waals surface area contributed by atoms with Gasteiger partial charge in [-0.1, -0.05) is 18.2 Å². The number of nitrogens with one attached hydrogen (secondary N) is 1. The molecule has 0 bridgehead atoms. The van der Waals surface area contributed by atoms with Gasteiger partial charge >= 0.3 is 0 Å². The number of hydrogen-bond acceptors (Lipinski definition) is 4. The van der Waals surface area contributed by atoms with E-state index in [0.717, 1.165) is 29.2 Å². The molecule has 150 valence electrons. The molecule has 1 N–H and O–H groups in total. The van der Waals surface area contributed by atoms with E-state index in [1.807, 2.05) is 43.3 Å². The number of fused-ring (bicyclic) bond motifs is 3. The summed E-state index contributed by atoms with van der Waals surface area (Å²) >= 11 is 0. The lowest BCUT2D eigenvalue weighted by Crippen LogP contribution is -2.33. The number of hydrogen-bond donors (Lipinski definition) is 1. The third-order valence-electron chi connectivity index (χ3n) is 5.23. The third-order valence-corrected chi connectivity index (χ3v) is 6.27. The van der Waals surface area contributed by atoms with Gasteiger partial charge in [0.1, 0.15) is 5.69 Å². The molecule has 8 heteroatoms. The number of rotatable bonds is 7. The van der Waals surface area contributed by atoms with Crippen LogP contribution in [0.25, 0.3) is 21.9 Å². The van der Waals surface area contributed by atoms with Crippen LogP contribution in [0.1, 0.15) is 23.3 Å². The minimum atomic E-state index is -3.66. The first kappa shape index (κ1) is 19.0. The fraction of sp³-hybridized carbons (Fsp3) is 0.450. The van der Waals surface area contributed by atoms with E-state index in [4.69, 9.17) is 0 Å². The highest BCUT2D eigenvalue weighted by Gasteiger charge is 2.29. The zero-order chi connectivity index (χ0) is 20.1. The lowest BCUT2D eigenvalue weighted by molar-refractivity contribution is 0.0945. The molecule has 0 radical (unpaired) electrons. The van der Waals surface area contributed by atoms with Gasteiger partial charge in [-0.3, -0.25) is 4.79 Å². The lowest BCUT2D eigenvalue weighted by atomic mass is 10.2. The summed E-state index contributed by atoms with van der Waals surface area (Å²) < 4.78 is 28.7. The van der Waals surface area contributed by atoms with Gasteiger partial charge in [-0.05, 0) is 45.0 Å². The molecule has 0 atom stereocenters. The monoisotopic (exact) mass is 402 g/mol. The lowest BCUT2D eigenvalue weighted by Gasteiger charge is -2.12. The number of likely N-dealkylation sites (N-methyl/N-ethyl adjacent to an activating group) is 1. The molecule has 1 saturated carbocycles. The van der Waals surface area contributed by atoms with Crippen LogP contribution in [0.4, 0.5) is 0 Å². The van der Waals surface area contributed by atoms with Crippen molar-refractivity contribution >= 4 is 37.9 Å². The van der Waals surface area contributed by atoms with Gasteiger partial charge in [-0.25, -0.2) is 12.4 Å². The quantitative estimate of drug-likeness (QED) is 0.657. The molecular formula is C20H26N4O3S.